The fourth-order valence-electron chi connectivity index (χ4n) is 1.82. The summed E-state index contributed by atoms with van der Waals surface area (Å²) in [6, 6.07) is 7.28. The molecule has 1 aromatic carbocycles. The zero-order chi connectivity index (χ0) is 15.3. The molecule has 0 bridgehead atoms. The molecule has 0 spiro atoms. The molecule has 1 rings (SSSR count). The third-order valence-corrected chi connectivity index (χ3v) is 3.23. The lowest BCUT2D eigenvalue weighted by atomic mass is 9.86. The van der Waals surface area contributed by atoms with E-state index in [0.717, 1.165) is 11.3 Å². The van der Waals surface area contributed by atoms with Crippen molar-refractivity contribution in [2.75, 3.05) is 13.7 Å². The average molecular weight is 315 g/mol. The van der Waals surface area contributed by atoms with E-state index in [4.69, 9.17) is 10.5 Å². The lowest BCUT2D eigenvalue weighted by molar-refractivity contribution is -0.134. The molecule has 0 fully saturated rings. The van der Waals surface area contributed by atoms with Gasteiger partial charge in [-0.05, 0) is 30.0 Å². The van der Waals surface area contributed by atoms with Crippen molar-refractivity contribution in [1.29, 1.82) is 0 Å². The number of likely N-dealkylation sites (N-methyl/N-ethyl adjacent to an activating group) is 1. The normalized spacial score (nSPS) is 12.3. The third kappa shape index (κ3) is 5.94. The van der Waals surface area contributed by atoms with Gasteiger partial charge in [0.2, 0.25) is 5.91 Å². The molecule has 0 heterocycles. The molecular formula is C16H27ClN2O2. The zero-order valence-electron chi connectivity index (χ0n) is 13.6. The van der Waals surface area contributed by atoms with E-state index >= 15 is 0 Å². The van der Waals surface area contributed by atoms with Gasteiger partial charge in [-0.25, -0.2) is 0 Å². The van der Waals surface area contributed by atoms with Crippen molar-refractivity contribution in [2.45, 2.75) is 40.3 Å². The summed E-state index contributed by atoms with van der Waals surface area (Å²) in [6.07, 6.45) is 0. The lowest BCUT2D eigenvalue weighted by Crippen LogP contribution is -2.48. The molecule has 0 saturated heterocycles. The zero-order valence-corrected chi connectivity index (χ0v) is 14.4. The minimum absolute atomic E-state index is 0. The van der Waals surface area contributed by atoms with Gasteiger partial charge in [-0.15, -0.1) is 12.4 Å². The Hall–Kier alpha value is -1.26. The van der Waals surface area contributed by atoms with Gasteiger partial charge in [-0.1, -0.05) is 32.9 Å². The Morgan fingerprint density at radius 3 is 2.24 bits per heavy atom. The summed E-state index contributed by atoms with van der Waals surface area (Å²) in [7, 11) is 1.78. The van der Waals surface area contributed by atoms with E-state index in [1.54, 1.807) is 11.9 Å². The molecule has 0 aliphatic carbocycles. The number of nitrogens with two attached hydrogens (primary N) is 1. The number of ether oxygens (including phenoxy) is 1. The number of carbonyl (C=O) groups is 1. The van der Waals surface area contributed by atoms with Crippen LogP contribution in [-0.2, 0) is 11.3 Å². The van der Waals surface area contributed by atoms with E-state index in [0.29, 0.717) is 13.2 Å². The van der Waals surface area contributed by atoms with Gasteiger partial charge >= 0.3 is 0 Å². The Balaban J connectivity index is 0.00000400. The second-order valence-corrected chi connectivity index (χ2v) is 6.11. The number of nitrogens with zero attached hydrogens (tertiary/aromatic N) is 1. The van der Waals surface area contributed by atoms with Crippen LogP contribution >= 0.6 is 12.4 Å². The molecule has 21 heavy (non-hydrogen) atoms. The van der Waals surface area contributed by atoms with Crippen LogP contribution in [0, 0.1) is 5.41 Å². The first-order chi connectivity index (χ1) is 9.25. The molecule has 4 nitrogen and oxygen atoms in total. The molecule has 1 amide bonds. The van der Waals surface area contributed by atoms with Crippen LogP contribution in [0.2, 0.25) is 0 Å². The summed E-state index contributed by atoms with van der Waals surface area (Å²) in [4.78, 5) is 13.9. The lowest BCUT2D eigenvalue weighted by Gasteiger charge is -2.30. The van der Waals surface area contributed by atoms with Crippen molar-refractivity contribution in [3.05, 3.63) is 29.8 Å². The largest absolute Gasteiger partial charge is 0.494 e. The maximum Gasteiger partial charge on any atom is 0.240 e. The number of rotatable bonds is 5. The Bertz CT molecular complexity index is 441. The van der Waals surface area contributed by atoms with Crippen molar-refractivity contribution >= 4 is 18.3 Å². The fraction of sp³-hybridized carbons (Fsp3) is 0.562. The van der Waals surface area contributed by atoms with Crippen LogP contribution in [0.5, 0.6) is 5.75 Å². The SMILES string of the molecule is CCOc1ccc(CN(C)C(=O)[C@@H](N)C(C)(C)C)cc1.Cl. The van der Waals surface area contributed by atoms with Gasteiger partial charge in [0.15, 0.2) is 0 Å². The number of halogens is 1. The number of hydrogen-bond donors (Lipinski definition) is 1. The molecule has 0 radical (unpaired) electrons. The van der Waals surface area contributed by atoms with Crippen LogP contribution in [0.4, 0.5) is 0 Å². The Morgan fingerprint density at radius 2 is 1.81 bits per heavy atom. The summed E-state index contributed by atoms with van der Waals surface area (Å²) < 4.78 is 5.40. The van der Waals surface area contributed by atoms with E-state index < -0.39 is 6.04 Å². The van der Waals surface area contributed by atoms with E-state index in [1.165, 1.54) is 0 Å². The second kappa shape index (κ2) is 8.25. The molecular weight excluding hydrogens is 288 g/mol. The van der Waals surface area contributed by atoms with Crippen molar-refractivity contribution in [1.82, 2.24) is 4.90 Å². The van der Waals surface area contributed by atoms with Crippen molar-refractivity contribution in [2.24, 2.45) is 11.1 Å². The van der Waals surface area contributed by atoms with E-state index in [-0.39, 0.29) is 23.7 Å². The quantitative estimate of drug-likeness (QED) is 0.909. The van der Waals surface area contributed by atoms with Crippen molar-refractivity contribution in [3.63, 3.8) is 0 Å². The maximum atomic E-state index is 12.2. The molecule has 1 aromatic rings. The minimum Gasteiger partial charge on any atom is -0.494 e. The van der Waals surface area contributed by atoms with Gasteiger partial charge in [0.25, 0.3) is 0 Å². The predicted molar refractivity (Wildman–Crippen MR) is 88.8 cm³/mol. The monoisotopic (exact) mass is 314 g/mol. The third-order valence-electron chi connectivity index (χ3n) is 3.23. The van der Waals surface area contributed by atoms with Gasteiger partial charge < -0.3 is 15.4 Å². The summed E-state index contributed by atoms with van der Waals surface area (Å²) >= 11 is 0. The van der Waals surface area contributed by atoms with Crippen LogP contribution in [0.3, 0.4) is 0 Å². The first kappa shape index (κ1) is 19.7. The first-order valence-electron chi connectivity index (χ1n) is 6.98. The predicted octanol–water partition coefficient (Wildman–Crippen LogP) is 2.84. The van der Waals surface area contributed by atoms with Crippen LogP contribution in [0.25, 0.3) is 0 Å². The van der Waals surface area contributed by atoms with E-state index in [1.807, 2.05) is 52.0 Å². The van der Waals surface area contributed by atoms with Gasteiger partial charge in [-0.3, -0.25) is 4.79 Å². The summed E-state index contributed by atoms with van der Waals surface area (Å²) in [6.45, 7) is 9.07. The number of benzene rings is 1. The smallest absolute Gasteiger partial charge is 0.240 e. The number of carbonyl (C=O) groups excluding carboxylic acids is 1. The van der Waals surface area contributed by atoms with E-state index in [9.17, 15) is 4.79 Å². The highest BCUT2D eigenvalue weighted by Gasteiger charge is 2.29. The maximum absolute atomic E-state index is 12.2. The highest BCUT2D eigenvalue weighted by atomic mass is 35.5. The second-order valence-electron chi connectivity index (χ2n) is 6.11. The van der Waals surface area contributed by atoms with E-state index in [2.05, 4.69) is 0 Å². The Labute approximate surface area is 134 Å². The summed E-state index contributed by atoms with van der Waals surface area (Å²) in [5, 5.41) is 0. The van der Waals surface area contributed by atoms with Gasteiger partial charge in [0.1, 0.15) is 5.75 Å². The topological polar surface area (TPSA) is 55.6 Å². The number of hydrogen-bond acceptors (Lipinski definition) is 3. The highest BCUT2D eigenvalue weighted by molar-refractivity contribution is 5.85. The molecule has 0 saturated carbocycles. The minimum atomic E-state index is -0.491. The molecule has 5 heteroatoms. The first-order valence-corrected chi connectivity index (χ1v) is 6.98. The van der Waals surface area contributed by atoms with Gasteiger partial charge in [0, 0.05) is 13.6 Å². The molecule has 2 N–H and O–H groups in total. The molecule has 0 aromatic heterocycles. The Kier molecular flexibility index (Phi) is 7.75. The van der Waals surface area contributed by atoms with Crippen LogP contribution in [0.1, 0.15) is 33.3 Å². The summed E-state index contributed by atoms with van der Waals surface area (Å²) in [5.74, 6) is 0.808. The standard InChI is InChI=1S/C16H26N2O2.ClH/c1-6-20-13-9-7-12(8-10-13)11-18(5)15(19)14(17)16(2,3)4;/h7-10,14H,6,11,17H2,1-5H3;1H/t14-;/m1./s1. The molecule has 120 valence electrons. The molecule has 0 aliphatic rings. The van der Waals surface area contributed by atoms with Crippen LogP contribution < -0.4 is 10.5 Å². The van der Waals surface area contributed by atoms with Gasteiger partial charge in [0.05, 0.1) is 12.6 Å². The Morgan fingerprint density at radius 1 is 1.29 bits per heavy atom. The van der Waals surface area contributed by atoms with Crippen molar-refractivity contribution < 1.29 is 9.53 Å². The van der Waals surface area contributed by atoms with Crippen molar-refractivity contribution in [3.8, 4) is 5.75 Å². The molecule has 0 unspecified atom stereocenters. The summed E-state index contributed by atoms with van der Waals surface area (Å²) in [5.41, 5.74) is 6.83. The van der Waals surface area contributed by atoms with Crippen LogP contribution in [0.15, 0.2) is 24.3 Å². The molecule has 0 aliphatic heterocycles. The number of amides is 1. The van der Waals surface area contributed by atoms with Crippen LogP contribution in [-0.4, -0.2) is 30.5 Å². The highest BCUT2D eigenvalue weighted by Crippen LogP contribution is 2.20. The molecule has 1 atom stereocenters. The van der Waals surface area contributed by atoms with Gasteiger partial charge in [-0.2, -0.15) is 0 Å². The average Bonchev–Trinajstić information content (AvgIpc) is 2.38. The fourth-order valence-corrected chi connectivity index (χ4v) is 1.82.